The van der Waals surface area contributed by atoms with Crippen LogP contribution in [0, 0.1) is 0 Å². The molecule has 5 heteroatoms. The summed E-state index contributed by atoms with van der Waals surface area (Å²) in [6.45, 7) is 3.47. The minimum atomic E-state index is -0.480. The van der Waals surface area contributed by atoms with Gasteiger partial charge in [-0.3, -0.25) is 9.48 Å². The van der Waals surface area contributed by atoms with E-state index in [2.05, 4.69) is 5.10 Å². The molecule has 5 nitrogen and oxygen atoms in total. The Balaban J connectivity index is 3.00. The van der Waals surface area contributed by atoms with E-state index in [1.165, 1.54) is 17.7 Å². The lowest BCUT2D eigenvalue weighted by molar-refractivity contribution is -0.112. The average Bonchev–Trinajstić information content (AvgIpc) is 2.57. The summed E-state index contributed by atoms with van der Waals surface area (Å²) in [5.41, 5.74) is 0.804. The molecule has 1 aromatic rings. The first-order valence-electron chi connectivity index (χ1n) is 4.94. The van der Waals surface area contributed by atoms with E-state index in [0.29, 0.717) is 12.2 Å². The van der Waals surface area contributed by atoms with Gasteiger partial charge in [0.05, 0.1) is 6.61 Å². The molecule has 1 heterocycles. The van der Waals surface area contributed by atoms with Crippen molar-refractivity contribution >= 4 is 17.8 Å². The second-order valence-electron chi connectivity index (χ2n) is 3.27. The summed E-state index contributed by atoms with van der Waals surface area (Å²) in [5, 5.41) is 3.99. The Bertz CT molecular complexity index is 432. The zero-order valence-corrected chi connectivity index (χ0v) is 9.56. The molecule has 0 saturated carbocycles. The van der Waals surface area contributed by atoms with Crippen molar-refractivity contribution in [1.29, 1.82) is 0 Å². The fourth-order valence-electron chi connectivity index (χ4n) is 1.19. The van der Waals surface area contributed by atoms with Gasteiger partial charge in [0.2, 0.25) is 0 Å². The largest absolute Gasteiger partial charge is 0.461 e. The third kappa shape index (κ3) is 3.05. The quantitative estimate of drug-likeness (QED) is 0.567. The number of ether oxygens (including phenoxy) is 1. The molecule has 1 aromatic heterocycles. The van der Waals surface area contributed by atoms with Gasteiger partial charge in [0.15, 0.2) is 11.5 Å². The number of carbonyl (C=O) groups is 2. The summed E-state index contributed by atoms with van der Waals surface area (Å²) in [6, 6.07) is 0. The number of aryl methyl sites for hydroxylation is 1. The Morgan fingerprint density at radius 3 is 2.81 bits per heavy atom. The molecule has 0 fully saturated rings. The second kappa shape index (κ2) is 5.25. The first-order valence-corrected chi connectivity index (χ1v) is 4.94. The highest BCUT2D eigenvalue weighted by molar-refractivity contribution is 5.95. The van der Waals surface area contributed by atoms with Crippen molar-refractivity contribution in [3.05, 3.63) is 23.5 Å². The second-order valence-corrected chi connectivity index (χ2v) is 3.27. The third-order valence-corrected chi connectivity index (χ3v) is 1.82. The van der Waals surface area contributed by atoms with Gasteiger partial charge >= 0.3 is 5.97 Å². The number of aromatic nitrogens is 2. The van der Waals surface area contributed by atoms with E-state index >= 15 is 0 Å². The van der Waals surface area contributed by atoms with Crippen molar-refractivity contribution in [1.82, 2.24) is 9.78 Å². The first-order chi connectivity index (χ1) is 7.54. The van der Waals surface area contributed by atoms with Gasteiger partial charge in [0, 0.05) is 18.8 Å². The number of allylic oxidation sites excluding steroid dienone is 1. The van der Waals surface area contributed by atoms with E-state index in [1.54, 1.807) is 26.2 Å². The van der Waals surface area contributed by atoms with E-state index in [1.807, 2.05) is 0 Å². The third-order valence-electron chi connectivity index (χ3n) is 1.82. The van der Waals surface area contributed by atoms with Crippen LogP contribution in [-0.2, 0) is 16.6 Å². The average molecular weight is 222 g/mol. The Labute approximate surface area is 93.7 Å². The molecule has 0 bridgehead atoms. The van der Waals surface area contributed by atoms with Crippen LogP contribution in [0.2, 0.25) is 0 Å². The minimum absolute atomic E-state index is 0.0846. The van der Waals surface area contributed by atoms with Crippen molar-refractivity contribution in [2.24, 2.45) is 7.05 Å². The van der Waals surface area contributed by atoms with Crippen LogP contribution in [-0.4, -0.2) is 28.1 Å². The molecule has 0 aliphatic rings. The highest BCUT2D eigenvalue weighted by Gasteiger charge is 2.15. The molecule has 1 rings (SSSR count). The number of carbonyl (C=O) groups excluding carboxylic acids is 2. The van der Waals surface area contributed by atoms with Gasteiger partial charge in [-0.15, -0.1) is 0 Å². The smallest absolute Gasteiger partial charge is 0.359 e. The Morgan fingerprint density at radius 2 is 2.25 bits per heavy atom. The van der Waals surface area contributed by atoms with Crippen LogP contribution in [0.3, 0.4) is 0 Å². The lowest BCUT2D eigenvalue weighted by atomic mass is 10.2. The number of hydrogen-bond donors (Lipinski definition) is 0. The molecule has 0 aliphatic carbocycles. The summed E-state index contributed by atoms with van der Waals surface area (Å²) in [4.78, 5) is 22.3. The molecule has 0 aliphatic heterocycles. The summed E-state index contributed by atoms with van der Waals surface area (Å²) in [7, 11) is 1.70. The molecule has 0 spiro atoms. The lowest BCUT2D eigenvalue weighted by Crippen LogP contribution is -2.07. The van der Waals surface area contributed by atoms with Crippen LogP contribution in [0.5, 0.6) is 0 Å². The standard InChI is InChI=1S/C11H14N2O3/c1-4-16-11(15)10-9(6-5-8(2)14)7-13(3)12-10/h5-7H,4H2,1-3H3/b6-5+. The Kier molecular flexibility index (Phi) is 3.99. The zero-order valence-electron chi connectivity index (χ0n) is 9.56. The fourth-order valence-corrected chi connectivity index (χ4v) is 1.19. The van der Waals surface area contributed by atoms with Gasteiger partial charge in [-0.05, 0) is 26.0 Å². The molecule has 0 atom stereocenters. The van der Waals surface area contributed by atoms with Gasteiger partial charge < -0.3 is 4.74 Å². The van der Waals surface area contributed by atoms with Crippen molar-refractivity contribution in [3.63, 3.8) is 0 Å². The summed E-state index contributed by atoms with van der Waals surface area (Å²) in [5.74, 6) is -0.565. The number of rotatable bonds is 4. The summed E-state index contributed by atoms with van der Waals surface area (Å²) in [6.07, 6.45) is 4.60. The predicted octanol–water partition coefficient (Wildman–Crippen LogP) is 1.20. The van der Waals surface area contributed by atoms with Crippen molar-refractivity contribution in [3.8, 4) is 0 Å². The van der Waals surface area contributed by atoms with Gasteiger partial charge in [-0.2, -0.15) is 5.10 Å². The summed E-state index contributed by atoms with van der Waals surface area (Å²) < 4.78 is 6.36. The predicted molar refractivity (Wildman–Crippen MR) is 58.9 cm³/mol. The lowest BCUT2D eigenvalue weighted by Gasteiger charge is -1.98. The molecular formula is C11H14N2O3. The maximum absolute atomic E-state index is 11.5. The number of esters is 1. The maximum atomic E-state index is 11.5. The molecule has 0 radical (unpaired) electrons. The molecule has 0 amide bonds. The van der Waals surface area contributed by atoms with Crippen LogP contribution >= 0.6 is 0 Å². The molecule has 0 unspecified atom stereocenters. The van der Waals surface area contributed by atoms with Crippen LogP contribution in [0.25, 0.3) is 6.08 Å². The Hall–Kier alpha value is -1.91. The monoisotopic (exact) mass is 222 g/mol. The zero-order chi connectivity index (χ0) is 12.1. The molecule has 0 aromatic carbocycles. The van der Waals surface area contributed by atoms with E-state index in [-0.39, 0.29) is 11.5 Å². The highest BCUT2D eigenvalue weighted by Crippen LogP contribution is 2.10. The summed E-state index contributed by atoms with van der Waals surface area (Å²) >= 11 is 0. The van der Waals surface area contributed by atoms with Crippen molar-refractivity contribution < 1.29 is 14.3 Å². The van der Waals surface area contributed by atoms with Gasteiger partial charge in [-0.25, -0.2) is 4.79 Å². The normalized spacial score (nSPS) is 10.7. The van der Waals surface area contributed by atoms with Crippen molar-refractivity contribution in [2.45, 2.75) is 13.8 Å². The van der Waals surface area contributed by atoms with Crippen LogP contribution < -0.4 is 0 Å². The van der Waals surface area contributed by atoms with E-state index in [4.69, 9.17) is 4.74 Å². The van der Waals surface area contributed by atoms with Crippen LogP contribution in [0.1, 0.15) is 29.9 Å². The fraction of sp³-hybridized carbons (Fsp3) is 0.364. The molecule has 16 heavy (non-hydrogen) atoms. The van der Waals surface area contributed by atoms with E-state index in [9.17, 15) is 9.59 Å². The number of hydrogen-bond acceptors (Lipinski definition) is 4. The topological polar surface area (TPSA) is 61.2 Å². The van der Waals surface area contributed by atoms with Gasteiger partial charge in [0.25, 0.3) is 0 Å². The van der Waals surface area contributed by atoms with Gasteiger partial charge in [-0.1, -0.05) is 0 Å². The van der Waals surface area contributed by atoms with Gasteiger partial charge in [0.1, 0.15) is 0 Å². The van der Waals surface area contributed by atoms with Crippen LogP contribution in [0.15, 0.2) is 12.3 Å². The molecular weight excluding hydrogens is 208 g/mol. The van der Waals surface area contributed by atoms with Crippen molar-refractivity contribution in [2.75, 3.05) is 6.61 Å². The first kappa shape index (κ1) is 12.2. The minimum Gasteiger partial charge on any atom is -0.461 e. The number of ketones is 1. The Morgan fingerprint density at radius 1 is 1.56 bits per heavy atom. The molecule has 0 N–H and O–H groups in total. The molecule has 0 saturated heterocycles. The SMILES string of the molecule is CCOC(=O)c1nn(C)cc1/C=C/C(C)=O. The highest BCUT2D eigenvalue weighted by atomic mass is 16.5. The molecule has 86 valence electrons. The van der Waals surface area contributed by atoms with E-state index < -0.39 is 5.97 Å². The number of nitrogens with zero attached hydrogens (tertiary/aromatic N) is 2. The maximum Gasteiger partial charge on any atom is 0.359 e. The van der Waals surface area contributed by atoms with E-state index in [0.717, 1.165) is 0 Å². The van der Waals surface area contributed by atoms with Crippen LogP contribution in [0.4, 0.5) is 0 Å².